The summed E-state index contributed by atoms with van der Waals surface area (Å²) in [6.45, 7) is 6.93. The molecule has 27 heavy (non-hydrogen) atoms. The van der Waals surface area contributed by atoms with Crippen molar-refractivity contribution in [3.63, 3.8) is 0 Å². The van der Waals surface area contributed by atoms with Crippen LogP contribution in [-0.2, 0) is 11.3 Å². The molecule has 2 aromatic rings. The van der Waals surface area contributed by atoms with E-state index in [0.29, 0.717) is 26.1 Å². The van der Waals surface area contributed by atoms with Gasteiger partial charge in [-0.2, -0.15) is 0 Å². The summed E-state index contributed by atoms with van der Waals surface area (Å²) in [5.41, 5.74) is 2.74. The highest BCUT2D eigenvalue weighted by Crippen LogP contribution is 2.30. The molecule has 0 aliphatic carbocycles. The number of nitrogens with one attached hydrogen (secondary N) is 2. The zero-order valence-corrected chi connectivity index (χ0v) is 15.9. The largest absolute Gasteiger partial charge is 0.441 e. The summed E-state index contributed by atoms with van der Waals surface area (Å²) in [4.78, 5) is 26.0. The molecule has 7 heteroatoms. The first-order valence-corrected chi connectivity index (χ1v) is 9.62. The van der Waals surface area contributed by atoms with E-state index in [9.17, 15) is 9.59 Å². The first kappa shape index (κ1) is 17.7. The summed E-state index contributed by atoms with van der Waals surface area (Å²) < 4.78 is 7.73. The number of hydrogen-bond acceptors (Lipinski definition) is 3. The maximum Gasteiger partial charge on any atom is 0.407 e. The minimum absolute atomic E-state index is 0.102. The third-order valence-corrected chi connectivity index (χ3v) is 5.73. The van der Waals surface area contributed by atoms with E-state index in [1.54, 1.807) is 0 Å². The monoisotopic (exact) mass is 370 g/mol. The molecule has 3 heterocycles. The van der Waals surface area contributed by atoms with Crippen LogP contribution in [0, 0.1) is 6.92 Å². The average Bonchev–Trinajstić information content (AvgIpc) is 3.07. The lowest BCUT2D eigenvalue weighted by atomic mass is 9.95. The van der Waals surface area contributed by atoms with Gasteiger partial charge in [0.1, 0.15) is 5.60 Å². The smallest absolute Gasteiger partial charge is 0.407 e. The van der Waals surface area contributed by atoms with Crippen LogP contribution in [0.25, 0.3) is 10.9 Å². The van der Waals surface area contributed by atoms with Crippen molar-refractivity contribution in [2.75, 3.05) is 25.0 Å². The second kappa shape index (κ2) is 6.79. The fourth-order valence-corrected chi connectivity index (χ4v) is 4.26. The first-order chi connectivity index (χ1) is 13.0. The molecular formula is C20H26N4O3. The van der Waals surface area contributed by atoms with E-state index in [2.05, 4.69) is 41.2 Å². The number of aromatic nitrogens is 1. The van der Waals surface area contributed by atoms with Crippen LogP contribution in [0.3, 0.4) is 0 Å². The van der Waals surface area contributed by atoms with Gasteiger partial charge in [-0.25, -0.2) is 9.59 Å². The van der Waals surface area contributed by atoms with E-state index in [-0.39, 0.29) is 12.1 Å². The van der Waals surface area contributed by atoms with E-state index < -0.39 is 5.60 Å². The molecule has 1 atom stereocenters. The molecule has 0 unspecified atom stereocenters. The molecule has 1 aromatic heterocycles. The summed E-state index contributed by atoms with van der Waals surface area (Å²) in [5, 5.41) is 6.89. The summed E-state index contributed by atoms with van der Waals surface area (Å²) in [6, 6.07) is 8.08. The number of alkyl carbamates (subject to hydrolysis) is 1. The van der Waals surface area contributed by atoms with Gasteiger partial charge in [-0.3, -0.25) is 0 Å². The molecule has 2 N–H and O–H groups in total. The molecule has 0 radical (unpaired) electrons. The van der Waals surface area contributed by atoms with Crippen molar-refractivity contribution in [3.8, 4) is 0 Å². The zero-order valence-electron chi connectivity index (χ0n) is 15.9. The molecule has 3 amide bonds. The number of hydrogen-bond donors (Lipinski definition) is 2. The van der Waals surface area contributed by atoms with Crippen molar-refractivity contribution in [1.29, 1.82) is 0 Å². The number of ether oxygens (including phenoxy) is 1. The molecule has 0 saturated carbocycles. The van der Waals surface area contributed by atoms with Gasteiger partial charge in [0.2, 0.25) is 0 Å². The van der Waals surface area contributed by atoms with Gasteiger partial charge in [0.25, 0.3) is 0 Å². The van der Waals surface area contributed by atoms with Crippen molar-refractivity contribution < 1.29 is 14.3 Å². The Kier molecular flexibility index (Phi) is 4.45. The number of nitrogens with zero attached hydrogens (tertiary/aromatic N) is 2. The number of rotatable bonds is 2. The molecule has 2 fully saturated rings. The minimum atomic E-state index is -0.453. The number of benzene rings is 1. The lowest BCUT2D eigenvalue weighted by molar-refractivity contribution is 0.0454. The number of fused-ring (bicyclic) bond motifs is 1. The van der Waals surface area contributed by atoms with Crippen molar-refractivity contribution in [1.82, 2.24) is 14.8 Å². The summed E-state index contributed by atoms with van der Waals surface area (Å²) >= 11 is 0. The van der Waals surface area contributed by atoms with Gasteiger partial charge in [-0.15, -0.1) is 0 Å². The second-order valence-electron chi connectivity index (χ2n) is 7.50. The lowest BCUT2D eigenvalue weighted by Crippen LogP contribution is -2.38. The highest BCUT2D eigenvalue weighted by Gasteiger charge is 2.41. The Morgan fingerprint density at radius 1 is 1.30 bits per heavy atom. The second-order valence-corrected chi connectivity index (χ2v) is 7.50. The van der Waals surface area contributed by atoms with Gasteiger partial charge in [0.05, 0.1) is 6.54 Å². The van der Waals surface area contributed by atoms with Crippen molar-refractivity contribution in [2.24, 2.45) is 0 Å². The maximum atomic E-state index is 12.7. The fourth-order valence-electron chi connectivity index (χ4n) is 4.26. The van der Waals surface area contributed by atoms with E-state index >= 15 is 0 Å². The van der Waals surface area contributed by atoms with E-state index in [0.717, 1.165) is 30.5 Å². The Hall–Kier alpha value is -2.70. The van der Waals surface area contributed by atoms with Gasteiger partial charge in [-0.05, 0) is 51.0 Å². The standard InChI is InChI=1S/C20H26N4O3/c1-3-24-14(2)11-15-12-16(5-6-17(15)24)22-18(25)23-9-4-7-20(8-10-23)13-21-19(26)27-20/h5-6,11-12H,3-4,7-10,13H2,1-2H3,(H,21,26)(H,22,25)/t20-/m0/s1. The van der Waals surface area contributed by atoms with E-state index in [1.165, 1.54) is 11.2 Å². The number of anilines is 1. The Balaban J connectivity index is 1.44. The van der Waals surface area contributed by atoms with Crippen molar-refractivity contribution in [3.05, 3.63) is 30.0 Å². The Labute approximate surface area is 158 Å². The molecule has 7 nitrogen and oxygen atoms in total. The quantitative estimate of drug-likeness (QED) is 0.850. The number of aryl methyl sites for hydroxylation is 2. The number of urea groups is 1. The molecular weight excluding hydrogens is 344 g/mol. The normalized spacial score (nSPS) is 22.6. The van der Waals surface area contributed by atoms with Crippen LogP contribution in [0.1, 0.15) is 31.9 Å². The highest BCUT2D eigenvalue weighted by atomic mass is 16.6. The molecule has 4 rings (SSSR count). The third-order valence-electron chi connectivity index (χ3n) is 5.73. The molecule has 144 valence electrons. The number of carbonyl (C=O) groups excluding carboxylic acids is 2. The van der Waals surface area contributed by atoms with Crippen LogP contribution in [0.5, 0.6) is 0 Å². The third kappa shape index (κ3) is 3.34. The van der Waals surface area contributed by atoms with Gasteiger partial charge in [0.15, 0.2) is 0 Å². The molecule has 1 aromatic carbocycles. The van der Waals surface area contributed by atoms with Crippen LogP contribution >= 0.6 is 0 Å². The molecule has 2 aliphatic heterocycles. The Morgan fingerprint density at radius 3 is 2.89 bits per heavy atom. The van der Waals surface area contributed by atoms with Crippen LogP contribution < -0.4 is 10.6 Å². The van der Waals surface area contributed by atoms with E-state index in [4.69, 9.17) is 4.74 Å². The Bertz CT molecular complexity index is 891. The summed E-state index contributed by atoms with van der Waals surface area (Å²) in [5.74, 6) is 0. The van der Waals surface area contributed by atoms with E-state index in [1.807, 2.05) is 17.0 Å². The van der Waals surface area contributed by atoms with Gasteiger partial charge >= 0.3 is 12.1 Å². The van der Waals surface area contributed by atoms with Crippen molar-refractivity contribution in [2.45, 2.75) is 45.3 Å². The topological polar surface area (TPSA) is 75.6 Å². The predicted octanol–water partition coefficient (Wildman–Crippen LogP) is 3.47. The molecule has 0 bridgehead atoms. The highest BCUT2D eigenvalue weighted by molar-refractivity contribution is 5.93. The average molecular weight is 370 g/mol. The number of likely N-dealkylation sites (tertiary alicyclic amines) is 1. The van der Waals surface area contributed by atoms with Crippen LogP contribution in [-0.4, -0.2) is 46.8 Å². The van der Waals surface area contributed by atoms with Crippen LogP contribution in [0.2, 0.25) is 0 Å². The maximum absolute atomic E-state index is 12.7. The summed E-state index contributed by atoms with van der Waals surface area (Å²) in [6.07, 6.45) is 1.91. The minimum Gasteiger partial charge on any atom is -0.441 e. The molecule has 2 saturated heterocycles. The summed E-state index contributed by atoms with van der Waals surface area (Å²) in [7, 11) is 0. The van der Waals surface area contributed by atoms with Crippen LogP contribution in [0.15, 0.2) is 24.3 Å². The number of amides is 3. The molecule has 1 spiro atoms. The number of carbonyl (C=O) groups is 2. The SMILES string of the molecule is CCn1c(C)cc2cc(NC(=O)N3CCC[C@]4(CC3)CNC(=O)O4)ccc21. The van der Waals surface area contributed by atoms with Gasteiger partial charge in [0, 0.05) is 48.3 Å². The van der Waals surface area contributed by atoms with Crippen molar-refractivity contribution >= 4 is 28.7 Å². The van der Waals surface area contributed by atoms with Gasteiger partial charge < -0.3 is 24.8 Å². The lowest BCUT2D eigenvalue weighted by Gasteiger charge is -2.25. The first-order valence-electron chi connectivity index (χ1n) is 9.62. The fraction of sp³-hybridized carbons (Fsp3) is 0.500. The molecule has 2 aliphatic rings. The zero-order chi connectivity index (χ0) is 19.0. The van der Waals surface area contributed by atoms with Crippen LogP contribution in [0.4, 0.5) is 15.3 Å². The predicted molar refractivity (Wildman–Crippen MR) is 104 cm³/mol. The Morgan fingerprint density at radius 2 is 2.15 bits per heavy atom. The van der Waals surface area contributed by atoms with Gasteiger partial charge in [-0.1, -0.05) is 0 Å².